The van der Waals surface area contributed by atoms with E-state index >= 15 is 0 Å². The summed E-state index contributed by atoms with van der Waals surface area (Å²) in [6.07, 6.45) is 2.43. The third-order valence-electron chi connectivity index (χ3n) is 3.68. The number of urea groups is 1. The maximum atomic E-state index is 12.1. The van der Waals surface area contributed by atoms with Crippen molar-refractivity contribution in [3.8, 4) is 0 Å². The number of hydrogen-bond acceptors (Lipinski definition) is 5. The Bertz CT molecular complexity index is 692. The van der Waals surface area contributed by atoms with Crippen LogP contribution in [-0.4, -0.2) is 29.3 Å². The minimum absolute atomic E-state index is 0.327. The van der Waals surface area contributed by atoms with Crippen LogP contribution in [0.3, 0.4) is 0 Å². The molecule has 1 aliphatic heterocycles. The zero-order chi connectivity index (χ0) is 16.2. The Kier molecular flexibility index (Phi) is 5.12. The summed E-state index contributed by atoms with van der Waals surface area (Å²) >= 11 is 4.80. The molecule has 3 rings (SSSR count). The minimum Gasteiger partial charge on any atom is -0.346 e. The lowest BCUT2D eigenvalue weighted by atomic mass is 10.0. The Labute approximate surface area is 147 Å². The fraction of sp³-hybridized carbons (Fsp3) is 0.400. The van der Waals surface area contributed by atoms with Crippen LogP contribution in [0.4, 0.5) is 20.7 Å². The van der Waals surface area contributed by atoms with Gasteiger partial charge in [0.1, 0.15) is 0 Å². The highest BCUT2D eigenvalue weighted by molar-refractivity contribution is 9.10. The van der Waals surface area contributed by atoms with Gasteiger partial charge in [-0.15, -0.1) is 10.2 Å². The second kappa shape index (κ2) is 7.27. The summed E-state index contributed by atoms with van der Waals surface area (Å²) in [5, 5.41) is 15.1. The molecule has 0 radical (unpaired) electrons. The lowest BCUT2D eigenvalue weighted by Crippen LogP contribution is -2.34. The molecule has 8 heteroatoms. The molecule has 1 saturated heterocycles. The molecule has 0 bridgehead atoms. The number of halogens is 1. The first kappa shape index (κ1) is 16.2. The number of amides is 2. The van der Waals surface area contributed by atoms with E-state index in [1.807, 2.05) is 24.3 Å². The van der Waals surface area contributed by atoms with Crippen molar-refractivity contribution in [1.82, 2.24) is 10.2 Å². The van der Waals surface area contributed by atoms with Gasteiger partial charge in [0.2, 0.25) is 10.3 Å². The van der Waals surface area contributed by atoms with Crippen molar-refractivity contribution in [3.05, 3.63) is 28.7 Å². The molecule has 0 spiro atoms. The molecule has 122 valence electrons. The summed E-state index contributed by atoms with van der Waals surface area (Å²) in [4.78, 5) is 14.3. The predicted molar refractivity (Wildman–Crippen MR) is 97.3 cm³/mol. The van der Waals surface area contributed by atoms with E-state index in [0.29, 0.717) is 16.7 Å². The fourth-order valence-electron chi connectivity index (χ4n) is 2.57. The highest BCUT2D eigenvalue weighted by Crippen LogP contribution is 2.28. The molecule has 0 saturated carbocycles. The molecule has 0 aliphatic carbocycles. The van der Waals surface area contributed by atoms with E-state index in [4.69, 9.17) is 0 Å². The Morgan fingerprint density at radius 3 is 2.96 bits per heavy atom. The van der Waals surface area contributed by atoms with Gasteiger partial charge in [-0.3, -0.25) is 5.32 Å². The van der Waals surface area contributed by atoms with Crippen LogP contribution in [0.25, 0.3) is 0 Å². The normalized spacial score (nSPS) is 17.8. The van der Waals surface area contributed by atoms with E-state index in [1.54, 1.807) is 0 Å². The van der Waals surface area contributed by atoms with Gasteiger partial charge in [-0.2, -0.15) is 0 Å². The largest absolute Gasteiger partial charge is 0.346 e. The van der Waals surface area contributed by atoms with E-state index < -0.39 is 0 Å². The molecule has 1 aromatic heterocycles. The van der Waals surface area contributed by atoms with Gasteiger partial charge in [-0.25, -0.2) is 4.79 Å². The highest BCUT2D eigenvalue weighted by atomic mass is 79.9. The van der Waals surface area contributed by atoms with Crippen LogP contribution in [-0.2, 0) is 0 Å². The molecule has 23 heavy (non-hydrogen) atoms. The minimum atomic E-state index is -0.327. The zero-order valence-corrected chi connectivity index (χ0v) is 15.2. The summed E-state index contributed by atoms with van der Waals surface area (Å²) in [6, 6.07) is 7.12. The number of rotatable bonds is 3. The van der Waals surface area contributed by atoms with Crippen molar-refractivity contribution in [1.29, 1.82) is 0 Å². The number of nitrogens with zero attached hydrogens (tertiary/aromatic N) is 3. The van der Waals surface area contributed by atoms with Crippen molar-refractivity contribution >= 4 is 49.2 Å². The van der Waals surface area contributed by atoms with E-state index in [9.17, 15) is 4.79 Å². The smallest absolute Gasteiger partial charge is 0.325 e. The number of para-hydroxylation sites is 1. The second-order valence-corrected chi connectivity index (χ2v) is 7.45. The lowest BCUT2D eigenvalue weighted by Gasteiger charge is -2.29. The van der Waals surface area contributed by atoms with Crippen LogP contribution in [0.15, 0.2) is 28.7 Å². The quantitative estimate of drug-likeness (QED) is 0.817. The monoisotopic (exact) mass is 395 g/mol. The van der Waals surface area contributed by atoms with Gasteiger partial charge in [-0.1, -0.05) is 30.4 Å². The van der Waals surface area contributed by atoms with Crippen LogP contribution in [0, 0.1) is 5.92 Å². The van der Waals surface area contributed by atoms with E-state index in [1.165, 1.54) is 24.2 Å². The number of carbonyl (C=O) groups is 1. The van der Waals surface area contributed by atoms with E-state index in [0.717, 1.165) is 22.7 Å². The standard InChI is InChI=1S/C15H18BrN5OS/c1-10-5-4-8-21(9-10)15-20-19-14(23-15)18-13(22)17-12-7-3-2-6-11(12)16/h2-3,6-7,10H,4-5,8-9H2,1H3,(H2,17,18,19,22). The van der Waals surface area contributed by atoms with E-state index in [-0.39, 0.29) is 6.03 Å². The molecular formula is C15H18BrN5OS. The fourth-order valence-corrected chi connectivity index (χ4v) is 3.73. The first-order chi connectivity index (χ1) is 11.1. The van der Waals surface area contributed by atoms with Crippen LogP contribution in [0.1, 0.15) is 19.8 Å². The van der Waals surface area contributed by atoms with Crippen molar-refractivity contribution in [2.75, 3.05) is 28.6 Å². The summed E-state index contributed by atoms with van der Waals surface area (Å²) < 4.78 is 0.829. The molecule has 1 unspecified atom stereocenters. The van der Waals surface area contributed by atoms with E-state index in [2.05, 4.69) is 48.6 Å². The van der Waals surface area contributed by atoms with Crippen molar-refractivity contribution in [2.45, 2.75) is 19.8 Å². The molecule has 2 amide bonds. The van der Waals surface area contributed by atoms with Crippen LogP contribution >= 0.6 is 27.3 Å². The number of piperidine rings is 1. The molecule has 1 atom stereocenters. The SMILES string of the molecule is CC1CCCN(c2nnc(NC(=O)Nc3ccccc3Br)s2)C1. The number of carbonyl (C=O) groups excluding carboxylic acids is 1. The summed E-state index contributed by atoms with van der Waals surface area (Å²) in [5.41, 5.74) is 0.708. The molecule has 1 aliphatic rings. The van der Waals surface area contributed by atoms with Crippen molar-refractivity contribution in [3.63, 3.8) is 0 Å². The van der Waals surface area contributed by atoms with Gasteiger partial charge in [0.05, 0.1) is 5.69 Å². The molecule has 2 heterocycles. The zero-order valence-electron chi connectivity index (χ0n) is 12.8. The topological polar surface area (TPSA) is 70.2 Å². The Hall–Kier alpha value is -1.67. The van der Waals surface area contributed by atoms with Gasteiger partial charge >= 0.3 is 6.03 Å². The maximum absolute atomic E-state index is 12.1. The molecular weight excluding hydrogens is 378 g/mol. The summed E-state index contributed by atoms with van der Waals surface area (Å²) in [5.74, 6) is 0.669. The Balaban J connectivity index is 1.60. The lowest BCUT2D eigenvalue weighted by molar-refractivity contribution is 0.262. The van der Waals surface area contributed by atoms with Gasteiger partial charge in [0, 0.05) is 17.6 Å². The molecule has 2 aromatic rings. The van der Waals surface area contributed by atoms with Crippen molar-refractivity contribution in [2.24, 2.45) is 5.92 Å². The molecule has 6 nitrogen and oxygen atoms in total. The molecule has 1 aromatic carbocycles. The average Bonchev–Trinajstić information content (AvgIpc) is 2.98. The number of aromatic nitrogens is 2. The first-order valence-electron chi connectivity index (χ1n) is 7.53. The number of benzene rings is 1. The van der Waals surface area contributed by atoms with Crippen LogP contribution < -0.4 is 15.5 Å². The Morgan fingerprint density at radius 2 is 2.17 bits per heavy atom. The summed E-state index contributed by atoms with van der Waals surface area (Å²) in [6.45, 7) is 4.25. The second-order valence-electron chi connectivity index (χ2n) is 5.64. The van der Waals surface area contributed by atoms with Gasteiger partial charge in [0.25, 0.3) is 0 Å². The average molecular weight is 396 g/mol. The first-order valence-corrected chi connectivity index (χ1v) is 9.14. The Morgan fingerprint density at radius 1 is 1.35 bits per heavy atom. The third-order valence-corrected chi connectivity index (χ3v) is 5.28. The van der Waals surface area contributed by atoms with Gasteiger partial charge in [0.15, 0.2) is 0 Å². The summed E-state index contributed by atoms with van der Waals surface area (Å²) in [7, 11) is 0. The number of anilines is 3. The molecule has 1 fully saturated rings. The molecule has 2 N–H and O–H groups in total. The number of nitrogens with one attached hydrogen (secondary N) is 2. The van der Waals surface area contributed by atoms with Crippen molar-refractivity contribution < 1.29 is 4.79 Å². The highest BCUT2D eigenvalue weighted by Gasteiger charge is 2.20. The van der Waals surface area contributed by atoms with Gasteiger partial charge in [-0.05, 0) is 46.8 Å². The maximum Gasteiger partial charge on any atom is 0.325 e. The third kappa shape index (κ3) is 4.20. The van der Waals surface area contributed by atoms with Crippen LogP contribution in [0.5, 0.6) is 0 Å². The van der Waals surface area contributed by atoms with Crippen LogP contribution in [0.2, 0.25) is 0 Å². The number of hydrogen-bond donors (Lipinski definition) is 2. The van der Waals surface area contributed by atoms with Gasteiger partial charge < -0.3 is 10.2 Å². The predicted octanol–water partition coefficient (Wildman–Crippen LogP) is 4.18.